The van der Waals surface area contributed by atoms with Crippen LogP contribution in [0.5, 0.6) is 5.88 Å². The van der Waals surface area contributed by atoms with Crippen molar-refractivity contribution in [3.8, 4) is 5.88 Å². The Kier molecular flexibility index (Phi) is 10.3. The fourth-order valence-corrected chi connectivity index (χ4v) is 4.27. The molecule has 208 valence electrons. The lowest BCUT2D eigenvalue weighted by molar-refractivity contribution is -0.134. The SMILES string of the molecule is O=C(O)C=CC(=O)O.c1ccc(C(OC2CCN(CCOc3ccc4ncnn4n3)CC2)c2ccccc2)cc1. The average Bonchev–Trinajstić information content (AvgIpc) is 3.45. The number of likely N-dealkylation sites (tertiary alicyclic amines) is 1. The number of carbonyl (C=O) groups is 2. The van der Waals surface area contributed by atoms with E-state index in [1.54, 1.807) is 0 Å². The average molecular weight is 546 g/mol. The van der Waals surface area contributed by atoms with E-state index in [2.05, 4.69) is 68.6 Å². The molecule has 1 aliphatic rings. The molecule has 0 spiro atoms. The predicted octanol–water partition coefficient (Wildman–Crippen LogP) is 3.49. The molecule has 11 heteroatoms. The Morgan fingerprint density at radius 1 is 0.900 bits per heavy atom. The molecule has 3 heterocycles. The molecule has 0 saturated carbocycles. The first-order valence-electron chi connectivity index (χ1n) is 12.9. The minimum Gasteiger partial charge on any atom is -0.478 e. The number of hydrogen-bond acceptors (Lipinski definition) is 8. The van der Waals surface area contributed by atoms with Gasteiger partial charge in [-0.1, -0.05) is 60.7 Å². The summed E-state index contributed by atoms with van der Waals surface area (Å²) < 4.78 is 13.9. The topological polar surface area (TPSA) is 139 Å². The Morgan fingerprint density at radius 2 is 1.50 bits per heavy atom. The van der Waals surface area contributed by atoms with E-state index in [-0.39, 0.29) is 12.2 Å². The standard InChI is InChI=1S/C25H27N5O2.C4H4O4/c1-3-7-20(8-4-1)25(21-9-5-2-6-10-21)32-22-13-15-29(16-14-22)17-18-31-24-12-11-23-26-19-27-30(23)28-24;5-3(6)1-2-4(7)8/h1-12,19,22,25H,13-18H2;1-2H,(H,5,6)(H,7,8). The highest BCUT2D eigenvalue weighted by Gasteiger charge is 2.24. The quantitative estimate of drug-likeness (QED) is 0.285. The zero-order chi connectivity index (χ0) is 28.2. The van der Waals surface area contributed by atoms with E-state index in [0.29, 0.717) is 30.3 Å². The molecule has 2 N–H and O–H groups in total. The number of carboxylic acid groups (broad SMARTS) is 2. The van der Waals surface area contributed by atoms with Gasteiger partial charge in [0.05, 0.1) is 6.10 Å². The molecular weight excluding hydrogens is 514 g/mol. The van der Waals surface area contributed by atoms with Crippen molar-refractivity contribution in [1.29, 1.82) is 0 Å². The second-order valence-corrected chi connectivity index (χ2v) is 9.02. The summed E-state index contributed by atoms with van der Waals surface area (Å²) in [4.78, 5) is 25.6. The Bertz CT molecular complexity index is 1330. The zero-order valence-electron chi connectivity index (χ0n) is 21.8. The number of carboxylic acids is 2. The van der Waals surface area contributed by atoms with Crippen LogP contribution in [0.15, 0.2) is 91.3 Å². The molecule has 0 aliphatic carbocycles. The Balaban J connectivity index is 0.000000406. The van der Waals surface area contributed by atoms with Crippen molar-refractivity contribution >= 4 is 17.6 Å². The van der Waals surface area contributed by atoms with Gasteiger partial charge in [0.15, 0.2) is 5.65 Å². The summed E-state index contributed by atoms with van der Waals surface area (Å²) in [6, 6.07) is 24.7. The monoisotopic (exact) mass is 545 g/mol. The predicted molar refractivity (Wildman–Crippen MR) is 146 cm³/mol. The van der Waals surface area contributed by atoms with Crippen molar-refractivity contribution in [3.63, 3.8) is 0 Å². The van der Waals surface area contributed by atoms with Gasteiger partial charge in [0.25, 0.3) is 0 Å². The smallest absolute Gasteiger partial charge is 0.328 e. The number of piperidine rings is 1. The molecule has 11 nitrogen and oxygen atoms in total. The van der Waals surface area contributed by atoms with Crippen molar-refractivity contribution < 1.29 is 29.3 Å². The van der Waals surface area contributed by atoms with Gasteiger partial charge in [-0.15, -0.1) is 14.8 Å². The number of aliphatic carboxylic acids is 2. The lowest BCUT2D eigenvalue weighted by atomic mass is 10.00. The van der Waals surface area contributed by atoms with Crippen molar-refractivity contribution in [2.75, 3.05) is 26.2 Å². The van der Waals surface area contributed by atoms with Gasteiger partial charge in [-0.3, -0.25) is 4.90 Å². The third kappa shape index (κ3) is 8.72. The summed E-state index contributed by atoms with van der Waals surface area (Å²) in [5, 5.41) is 24.0. The molecule has 1 fully saturated rings. The number of ether oxygens (including phenoxy) is 2. The maximum Gasteiger partial charge on any atom is 0.328 e. The van der Waals surface area contributed by atoms with E-state index < -0.39 is 11.9 Å². The van der Waals surface area contributed by atoms with Gasteiger partial charge < -0.3 is 19.7 Å². The van der Waals surface area contributed by atoms with Gasteiger partial charge >= 0.3 is 11.9 Å². The van der Waals surface area contributed by atoms with E-state index >= 15 is 0 Å². The molecule has 1 saturated heterocycles. The Morgan fingerprint density at radius 3 is 2.08 bits per heavy atom. The minimum atomic E-state index is -1.26. The molecule has 0 amide bonds. The van der Waals surface area contributed by atoms with Crippen LogP contribution in [0.2, 0.25) is 0 Å². The van der Waals surface area contributed by atoms with E-state index in [0.717, 1.165) is 32.5 Å². The van der Waals surface area contributed by atoms with Crippen LogP contribution in [0.3, 0.4) is 0 Å². The second kappa shape index (κ2) is 14.5. The molecule has 1 aliphatic heterocycles. The first-order valence-corrected chi connectivity index (χ1v) is 12.9. The van der Waals surface area contributed by atoms with Gasteiger partial charge in [0, 0.05) is 37.9 Å². The van der Waals surface area contributed by atoms with Crippen molar-refractivity contribution in [1.82, 2.24) is 24.7 Å². The largest absolute Gasteiger partial charge is 0.478 e. The highest BCUT2D eigenvalue weighted by molar-refractivity contribution is 5.89. The van der Waals surface area contributed by atoms with Crippen molar-refractivity contribution in [3.05, 3.63) is 102 Å². The number of rotatable bonds is 10. The van der Waals surface area contributed by atoms with Crippen molar-refractivity contribution in [2.24, 2.45) is 0 Å². The van der Waals surface area contributed by atoms with E-state index in [9.17, 15) is 9.59 Å². The van der Waals surface area contributed by atoms with Crippen LogP contribution in [0, 0.1) is 0 Å². The van der Waals surface area contributed by atoms with Gasteiger partial charge in [-0.25, -0.2) is 14.6 Å². The summed E-state index contributed by atoms with van der Waals surface area (Å²) in [7, 11) is 0. The van der Waals surface area contributed by atoms with E-state index in [4.69, 9.17) is 19.7 Å². The summed E-state index contributed by atoms with van der Waals surface area (Å²) in [6.45, 7) is 3.46. The second-order valence-electron chi connectivity index (χ2n) is 9.02. The van der Waals surface area contributed by atoms with Crippen LogP contribution < -0.4 is 4.74 Å². The van der Waals surface area contributed by atoms with Gasteiger partial charge in [-0.2, -0.15) is 0 Å². The highest BCUT2D eigenvalue weighted by Crippen LogP contribution is 2.29. The Hall–Kier alpha value is -4.61. The summed E-state index contributed by atoms with van der Waals surface area (Å²) in [5.74, 6) is -1.95. The van der Waals surface area contributed by atoms with Crippen LogP contribution in [-0.4, -0.2) is 79.2 Å². The van der Waals surface area contributed by atoms with Gasteiger partial charge in [0.2, 0.25) is 5.88 Å². The number of benzene rings is 2. The van der Waals surface area contributed by atoms with Crippen LogP contribution in [0.4, 0.5) is 0 Å². The van der Waals surface area contributed by atoms with E-state index in [1.165, 1.54) is 22.1 Å². The fraction of sp³-hybridized carbons (Fsp3) is 0.276. The van der Waals surface area contributed by atoms with Crippen LogP contribution in [0.25, 0.3) is 5.65 Å². The molecule has 0 bridgehead atoms. The zero-order valence-corrected chi connectivity index (χ0v) is 21.8. The normalized spacial score (nSPS) is 14.2. The van der Waals surface area contributed by atoms with Crippen LogP contribution in [0.1, 0.15) is 30.1 Å². The van der Waals surface area contributed by atoms with Gasteiger partial charge in [0.1, 0.15) is 19.0 Å². The third-order valence-electron chi connectivity index (χ3n) is 6.22. The molecule has 4 aromatic rings. The lowest BCUT2D eigenvalue weighted by Gasteiger charge is -2.34. The van der Waals surface area contributed by atoms with Crippen LogP contribution >= 0.6 is 0 Å². The lowest BCUT2D eigenvalue weighted by Crippen LogP contribution is -2.39. The number of nitrogens with zero attached hydrogens (tertiary/aromatic N) is 5. The van der Waals surface area contributed by atoms with Gasteiger partial charge in [-0.05, 0) is 30.0 Å². The summed E-state index contributed by atoms with van der Waals surface area (Å²) in [5.41, 5.74) is 3.11. The number of hydrogen-bond donors (Lipinski definition) is 2. The highest BCUT2D eigenvalue weighted by atomic mass is 16.5. The minimum absolute atomic E-state index is 0.0324. The molecule has 5 rings (SSSR count). The molecule has 2 aromatic heterocycles. The summed E-state index contributed by atoms with van der Waals surface area (Å²) >= 11 is 0. The fourth-order valence-electron chi connectivity index (χ4n) is 4.27. The first-order chi connectivity index (χ1) is 19.5. The first kappa shape index (κ1) is 28.4. The maximum absolute atomic E-state index is 9.55. The number of fused-ring (bicyclic) bond motifs is 1. The number of aromatic nitrogens is 4. The maximum atomic E-state index is 9.55. The van der Waals surface area contributed by atoms with E-state index in [1.807, 2.05) is 24.3 Å². The molecule has 0 radical (unpaired) electrons. The molecule has 40 heavy (non-hydrogen) atoms. The van der Waals surface area contributed by atoms with Crippen molar-refractivity contribution in [2.45, 2.75) is 25.0 Å². The molecule has 0 atom stereocenters. The van der Waals surface area contributed by atoms with Crippen LogP contribution in [-0.2, 0) is 14.3 Å². The summed E-state index contributed by atoms with van der Waals surface area (Å²) in [6.07, 6.45) is 4.84. The third-order valence-corrected chi connectivity index (χ3v) is 6.22. The molecular formula is C29H31N5O6. The molecule has 2 aromatic carbocycles. The molecule has 0 unspecified atom stereocenters. The Labute approximate surface area is 231 Å².